The van der Waals surface area contributed by atoms with Crippen molar-refractivity contribution in [2.75, 3.05) is 5.32 Å². The van der Waals surface area contributed by atoms with Crippen LogP contribution in [0.5, 0.6) is 0 Å². The Bertz CT molecular complexity index is 1110. The molecule has 0 atom stereocenters. The van der Waals surface area contributed by atoms with Gasteiger partial charge in [0.05, 0.1) is 18.1 Å². The van der Waals surface area contributed by atoms with Crippen LogP contribution < -0.4 is 10.9 Å². The van der Waals surface area contributed by atoms with Crippen LogP contribution in [-0.2, 0) is 11.2 Å². The number of fused-ring (bicyclic) bond motifs is 2. The van der Waals surface area contributed by atoms with E-state index in [9.17, 15) is 9.59 Å². The van der Waals surface area contributed by atoms with E-state index in [2.05, 4.69) is 15.4 Å². The predicted octanol–water partition coefficient (Wildman–Crippen LogP) is 2.36. The molecule has 118 valence electrons. The number of carbonyl (C=O) groups excluding carboxylic acids is 1. The smallest absolute Gasteiger partial charge is 0.255 e. The van der Waals surface area contributed by atoms with Crippen LogP contribution in [0, 0.1) is 0 Å². The van der Waals surface area contributed by atoms with Crippen molar-refractivity contribution in [3.05, 3.63) is 77.0 Å². The summed E-state index contributed by atoms with van der Waals surface area (Å²) < 4.78 is 1.74. The number of pyridine rings is 2. The molecule has 0 spiro atoms. The highest BCUT2D eigenvalue weighted by Gasteiger charge is 2.10. The number of aromatic amines is 1. The summed E-state index contributed by atoms with van der Waals surface area (Å²) >= 11 is 0. The first-order valence-electron chi connectivity index (χ1n) is 7.53. The summed E-state index contributed by atoms with van der Waals surface area (Å²) in [4.78, 5) is 26.6. The fourth-order valence-electron chi connectivity index (χ4n) is 2.77. The van der Waals surface area contributed by atoms with Crippen molar-refractivity contribution in [3.63, 3.8) is 0 Å². The third kappa shape index (κ3) is 2.54. The SMILES string of the molecule is O=C(Cc1cnn2ccccc12)Nc1ccc2c(=O)[nH]ccc2c1. The Morgan fingerprint density at radius 1 is 1.21 bits per heavy atom. The van der Waals surface area contributed by atoms with Crippen molar-refractivity contribution in [3.8, 4) is 0 Å². The quantitative estimate of drug-likeness (QED) is 0.608. The number of nitrogens with one attached hydrogen (secondary N) is 2. The van der Waals surface area contributed by atoms with Gasteiger partial charge < -0.3 is 10.3 Å². The third-order valence-corrected chi connectivity index (χ3v) is 3.91. The van der Waals surface area contributed by atoms with E-state index < -0.39 is 0 Å². The van der Waals surface area contributed by atoms with Crippen LogP contribution in [0.4, 0.5) is 5.69 Å². The Kier molecular flexibility index (Phi) is 3.35. The average molecular weight is 318 g/mol. The van der Waals surface area contributed by atoms with Crippen LogP contribution in [0.15, 0.2) is 65.8 Å². The van der Waals surface area contributed by atoms with E-state index in [1.165, 1.54) is 0 Å². The van der Waals surface area contributed by atoms with Gasteiger partial charge in [0.2, 0.25) is 5.91 Å². The van der Waals surface area contributed by atoms with Crippen molar-refractivity contribution < 1.29 is 4.79 Å². The second kappa shape index (κ2) is 5.66. The number of aromatic nitrogens is 3. The molecule has 3 aromatic heterocycles. The highest BCUT2D eigenvalue weighted by molar-refractivity contribution is 5.95. The van der Waals surface area contributed by atoms with Gasteiger partial charge in [0.15, 0.2) is 0 Å². The fraction of sp³-hybridized carbons (Fsp3) is 0.0556. The molecule has 6 nitrogen and oxygen atoms in total. The first kappa shape index (κ1) is 14.2. The topological polar surface area (TPSA) is 79.3 Å². The Morgan fingerprint density at radius 3 is 3.04 bits per heavy atom. The van der Waals surface area contributed by atoms with Gasteiger partial charge in [0.1, 0.15) is 0 Å². The van der Waals surface area contributed by atoms with Crippen molar-refractivity contribution in [2.45, 2.75) is 6.42 Å². The minimum atomic E-state index is -0.142. The molecule has 4 aromatic rings. The van der Waals surface area contributed by atoms with E-state index in [1.807, 2.05) is 24.4 Å². The summed E-state index contributed by atoms with van der Waals surface area (Å²) in [7, 11) is 0. The molecule has 24 heavy (non-hydrogen) atoms. The molecule has 3 heterocycles. The molecule has 2 N–H and O–H groups in total. The third-order valence-electron chi connectivity index (χ3n) is 3.91. The minimum absolute atomic E-state index is 0.127. The number of anilines is 1. The van der Waals surface area contributed by atoms with E-state index >= 15 is 0 Å². The first-order valence-corrected chi connectivity index (χ1v) is 7.53. The molecular weight excluding hydrogens is 304 g/mol. The van der Waals surface area contributed by atoms with Gasteiger partial charge in [-0.05, 0) is 41.8 Å². The molecule has 0 saturated heterocycles. The molecule has 0 radical (unpaired) electrons. The summed E-state index contributed by atoms with van der Waals surface area (Å²) in [6.45, 7) is 0. The second-order valence-corrected chi connectivity index (χ2v) is 5.53. The van der Waals surface area contributed by atoms with E-state index in [-0.39, 0.29) is 17.9 Å². The highest BCUT2D eigenvalue weighted by atomic mass is 16.1. The summed E-state index contributed by atoms with van der Waals surface area (Å²) in [6.07, 6.45) is 5.38. The zero-order valence-corrected chi connectivity index (χ0v) is 12.7. The van der Waals surface area contributed by atoms with Gasteiger partial charge in [0, 0.05) is 29.0 Å². The van der Waals surface area contributed by atoms with Gasteiger partial charge in [-0.2, -0.15) is 5.10 Å². The van der Waals surface area contributed by atoms with Crippen LogP contribution in [0.2, 0.25) is 0 Å². The zero-order valence-electron chi connectivity index (χ0n) is 12.7. The Hall–Kier alpha value is -3.41. The Balaban J connectivity index is 1.57. The van der Waals surface area contributed by atoms with Crippen molar-refractivity contribution in [1.29, 1.82) is 0 Å². The summed E-state index contributed by atoms with van der Waals surface area (Å²) in [5.74, 6) is -0.127. The molecule has 0 fully saturated rings. The normalized spacial score (nSPS) is 11.0. The predicted molar refractivity (Wildman–Crippen MR) is 92.1 cm³/mol. The lowest BCUT2D eigenvalue weighted by Gasteiger charge is -2.06. The maximum atomic E-state index is 12.3. The van der Waals surface area contributed by atoms with Gasteiger partial charge in [-0.15, -0.1) is 0 Å². The number of hydrogen-bond acceptors (Lipinski definition) is 3. The Morgan fingerprint density at radius 2 is 2.12 bits per heavy atom. The van der Waals surface area contributed by atoms with Crippen LogP contribution in [0.3, 0.4) is 0 Å². The molecular formula is C18H14N4O2. The maximum Gasteiger partial charge on any atom is 0.255 e. The van der Waals surface area contributed by atoms with Crippen LogP contribution in [-0.4, -0.2) is 20.5 Å². The molecule has 0 aliphatic carbocycles. The highest BCUT2D eigenvalue weighted by Crippen LogP contribution is 2.17. The van der Waals surface area contributed by atoms with Crippen molar-refractivity contribution in [2.24, 2.45) is 0 Å². The van der Waals surface area contributed by atoms with Crippen molar-refractivity contribution in [1.82, 2.24) is 14.6 Å². The fourth-order valence-corrected chi connectivity index (χ4v) is 2.77. The summed E-state index contributed by atoms with van der Waals surface area (Å²) in [6, 6.07) is 12.8. The molecule has 0 saturated carbocycles. The van der Waals surface area contributed by atoms with Crippen molar-refractivity contribution >= 4 is 27.9 Å². The van der Waals surface area contributed by atoms with Gasteiger partial charge in [-0.1, -0.05) is 6.07 Å². The molecule has 0 unspecified atom stereocenters. The van der Waals surface area contributed by atoms with E-state index in [0.29, 0.717) is 11.1 Å². The van der Waals surface area contributed by atoms with Gasteiger partial charge >= 0.3 is 0 Å². The lowest BCUT2D eigenvalue weighted by Crippen LogP contribution is -2.14. The van der Waals surface area contributed by atoms with Gasteiger partial charge in [0.25, 0.3) is 5.56 Å². The summed E-state index contributed by atoms with van der Waals surface area (Å²) in [5.41, 5.74) is 2.30. The van der Waals surface area contributed by atoms with E-state index in [0.717, 1.165) is 16.5 Å². The standard InChI is InChI=1S/C18H14N4O2/c23-17(10-13-11-20-22-8-2-1-3-16(13)22)21-14-4-5-15-12(9-14)6-7-19-18(15)24/h1-9,11H,10H2,(H,19,24)(H,21,23). The van der Waals surface area contributed by atoms with E-state index in [1.54, 1.807) is 41.2 Å². The molecule has 0 aliphatic heterocycles. The van der Waals surface area contributed by atoms with E-state index in [4.69, 9.17) is 0 Å². The number of benzene rings is 1. The molecule has 4 rings (SSSR count). The monoisotopic (exact) mass is 318 g/mol. The number of hydrogen-bond donors (Lipinski definition) is 2. The molecule has 1 aromatic carbocycles. The Labute approximate surface area is 136 Å². The number of nitrogens with zero attached hydrogens (tertiary/aromatic N) is 2. The van der Waals surface area contributed by atoms with Crippen LogP contribution in [0.1, 0.15) is 5.56 Å². The minimum Gasteiger partial charge on any atom is -0.329 e. The largest absolute Gasteiger partial charge is 0.329 e. The molecule has 0 aliphatic rings. The van der Waals surface area contributed by atoms with Crippen LogP contribution in [0.25, 0.3) is 16.3 Å². The molecule has 0 bridgehead atoms. The second-order valence-electron chi connectivity index (χ2n) is 5.53. The van der Waals surface area contributed by atoms with Crippen LogP contribution >= 0.6 is 0 Å². The molecule has 6 heteroatoms. The summed E-state index contributed by atoms with van der Waals surface area (Å²) in [5, 5.41) is 8.48. The number of rotatable bonds is 3. The number of amides is 1. The number of H-pyrrole nitrogens is 1. The zero-order chi connectivity index (χ0) is 16.5. The lowest BCUT2D eigenvalue weighted by atomic mass is 10.1. The van der Waals surface area contributed by atoms with Gasteiger partial charge in [-0.3, -0.25) is 9.59 Å². The molecule has 1 amide bonds. The number of carbonyl (C=O) groups is 1. The van der Waals surface area contributed by atoms with Gasteiger partial charge in [-0.25, -0.2) is 4.52 Å². The first-order chi connectivity index (χ1) is 11.7. The lowest BCUT2D eigenvalue weighted by molar-refractivity contribution is -0.115. The average Bonchev–Trinajstić information content (AvgIpc) is 2.98. The maximum absolute atomic E-state index is 12.3.